The van der Waals surface area contributed by atoms with Crippen molar-refractivity contribution < 1.29 is 13.9 Å². The number of halogens is 1. The van der Waals surface area contributed by atoms with Gasteiger partial charge in [0, 0.05) is 5.56 Å². The maximum atomic E-state index is 14.3. The molecule has 164 valence electrons. The second-order valence-corrected chi connectivity index (χ2v) is 7.98. The van der Waals surface area contributed by atoms with E-state index in [0.29, 0.717) is 23.7 Å². The molecule has 1 heterocycles. The molecule has 0 radical (unpaired) electrons. The molecule has 4 rings (SSSR count). The lowest BCUT2D eigenvalue weighted by Crippen LogP contribution is -2.32. The number of rotatable bonds is 7. The van der Waals surface area contributed by atoms with Crippen LogP contribution in [0.2, 0.25) is 0 Å². The minimum Gasteiger partial charge on any atom is -0.483 e. The monoisotopic (exact) mass is 431 g/mol. The minimum absolute atomic E-state index is 0.0951. The number of carbonyl (C=O) groups excluding carboxylic acids is 1. The van der Waals surface area contributed by atoms with Gasteiger partial charge in [-0.25, -0.2) is 9.37 Å². The summed E-state index contributed by atoms with van der Waals surface area (Å²) in [5.74, 6) is 0.840. The van der Waals surface area contributed by atoms with Gasteiger partial charge in [0.15, 0.2) is 6.61 Å². The van der Waals surface area contributed by atoms with Crippen LogP contribution in [0.15, 0.2) is 66.7 Å². The van der Waals surface area contributed by atoms with E-state index in [1.807, 2.05) is 73.9 Å². The van der Waals surface area contributed by atoms with Crippen LogP contribution in [0, 0.1) is 19.7 Å². The van der Waals surface area contributed by atoms with Crippen molar-refractivity contribution in [3.8, 4) is 5.75 Å². The molecule has 0 saturated carbocycles. The summed E-state index contributed by atoms with van der Waals surface area (Å²) in [6, 6.07) is 19.9. The average molecular weight is 432 g/mol. The molecule has 32 heavy (non-hydrogen) atoms. The molecule has 0 saturated heterocycles. The fourth-order valence-electron chi connectivity index (χ4n) is 3.74. The second-order valence-electron chi connectivity index (χ2n) is 7.98. The summed E-state index contributed by atoms with van der Waals surface area (Å²) in [6.07, 6.45) is 0. The van der Waals surface area contributed by atoms with Crippen molar-refractivity contribution in [2.24, 2.45) is 0 Å². The quantitative estimate of drug-likeness (QED) is 0.443. The van der Waals surface area contributed by atoms with Crippen LogP contribution in [-0.2, 0) is 11.3 Å². The van der Waals surface area contributed by atoms with Gasteiger partial charge in [-0.1, -0.05) is 42.5 Å². The molecule has 1 unspecified atom stereocenters. The van der Waals surface area contributed by atoms with Crippen LogP contribution in [0.5, 0.6) is 5.75 Å². The average Bonchev–Trinajstić information content (AvgIpc) is 3.14. The number of benzene rings is 3. The van der Waals surface area contributed by atoms with E-state index in [-0.39, 0.29) is 24.4 Å². The van der Waals surface area contributed by atoms with E-state index in [4.69, 9.17) is 9.72 Å². The Morgan fingerprint density at radius 3 is 2.66 bits per heavy atom. The Labute approximate surface area is 186 Å². The van der Waals surface area contributed by atoms with E-state index in [9.17, 15) is 9.18 Å². The summed E-state index contributed by atoms with van der Waals surface area (Å²) >= 11 is 0. The third-order valence-corrected chi connectivity index (χ3v) is 5.44. The predicted octanol–water partition coefficient (Wildman–Crippen LogP) is 5.10. The minimum atomic E-state index is -0.385. The summed E-state index contributed by atoms with van der Waals surface area (Å²) < 4.78 is 22.0. The number of amides is 1. The first-order valence-electron chi connectivity index (χ1n) is 10.6. The zero-order valence-corrected chi connectivity index (χ0v) is 18.4. The summed E-state index contributed by atoms with van der Waals surface area (Å²) in [6.45, 7) is 6.02. The highest BCUT2D eigenvalue weighted by atomic mass is 19.1. The van der Waals surface area contributed by atoms with Gasteiger partial charge in [-0.3, -0.25) is 4.79 Å². The molecular formula is C26H26FN3O2. The molecule has 0 aliphatic carbocycles. The fourth-order valence-corrected chi connectivity index (χ4v) is 3.74. The van der Waals surface area contributed by atoms with Gasteiger partial charge in [0.2, 0.25) is 0 Å². The Morgan fingerprint density at radius 2 is 1.84 bits per heavy atom. The number of nitrogens with one attached hydrogen (secondary N) is 1. The van der Waals surface area contributed by atoms with Crippen LogP contribution in [0.3, 0.4) is 0 Å². The van der Waals surface area contributed by atoms with Crippen LogP contribution >= 0.6 is 0 Å². The van der Waals surface area contributed by atoms with Crippen molar-refractivity contribution in [3.05, 3.63) is 95.1 Å². The topological polar surface area (TPSA) is 56.1 Å². The van der Waals surface area contributed by atoms with Gasteiger partial charge >= 0.3 is 0 Å². The molecule has 5 nitrogen and oxygen atoms in total. The van der Waals surface area contributed by atoms with Crippen molar-refractivity contribution in [1.29, 1.82) is 0 Å². The molecule has 0 bridgehead atoms. The molecule has 0 fully saturated rings. The largest absolute Gasteiger partial charge is 0.483 e. The van der Waals surface area contributed by atoms with E-state index in [0.717, 1.165) is 22.2 Å². The lowest BCUT2D eigenvalue weighted by molar-refractivity contribution is -0.123. The summed E-state index contributed by atoms with van der Waals surface area (Å²) in [5.41, 5.74) is 4.29. The first-order valence-corrected chi connectivity index (χ1v) is 10.6. The summed E-state index contributed by atoms with van der Waals surface area (Å²) in [4.78, 5) is 17.3. The van der Waals surface area contributed by atoms with Gasteiger partial charge in [0.1, 0.15) is 17.4 Å². The Hall–Kier alpha value is -3.67. The Kier molecular flexibility index (Phi) is 6.21. The van der Waals surface area contributed by atoms with E-state index in [1.165, 1.54) is 6.07 Å². The van der Waals surface area contributed by atoms with Crippen LogP contribution in [-0.4, -0.2) is 22.1 Å². The van der Waals surface area contributed by atoms with Crippen molar-refractivity contribution in [3.63, 3.8) is 0 Å². The zero-order chi connectivity index (χ0) is 22.7. The molecule has 1 amide bonds. The van der Waals surface area contributed by atoms with Crippen LogP contribution < -0.4 is 10.1 Å². The van der Waals surface area contributed by atoms with Crippen molar-refractivity contribution in [2.75, 3.05) is 6.61 Å². The molecule has 3 aromatic carbocycles. The number of hydrogen-bond acceptors (Lipinski definition) is 3. The molecule has 4 aromatic rings. The fraction of sp³-hybridized carbons (Fsp3) is 0.231. The van der Waals surface area contributed by atoms with E-state index in [1.54, 1.807) is 12.1 Å². The molecule has 0 aliphatic heterocycles. The van der Waals surface area contributed by atoms with E-state index in [2.05, 4.69) is 5.32 Å². The normalized spacial score (nSPS) is 12.0. The summed E-state index contributed by atoms with van der Waals surface area (Å²) in [7, 11) is 0. The Bertz CT molecular complexity index is 1270. The van der Waals surface area contributed by atoms with Gasteiger partial charge in [0.05, 0.1) is 23.6 Å². The number of imidazole rings is 1. The molecule has 1 aromatic heterocycles. The molecule has 0 spiro atoms. The number of para-hydroxylation sites is 2. The van der Waals surface area contributed by atoms with Crippen LogP contribution in [0.25, 0.3) is 11.0 Å². The predicted molar refractivity (Wildman–Crippen MR) is 123 cm³/mol. The van der Waals surface area contributed by atoms with Crippen molar-refractivity contribution in [2.45, 2.75) is 33.4 Å². The second kappa shape index (κ2) is 9.22. The van der Waals surface area contributed by atoms with Gasteiger partial charge < -0.3 is 14.6 Å². The maximum Gasteiger partial charge on any atom is 0.258 e. The first kappa shape index (κ1) is 21.6. The van der Waals surface area contributed by atoms with Crippen LogP contribution in [0.1, 0.15) is 35.5 Å². The number of aryl methyl sites for hydroxylation is 2. The van der Waals surface area contributed by atoms with Gasteiger partial charge in [-0.2, -0.15) is 0 Å². The lowest BCUT2D eigenvalue weighted by atomic mass is 10.1. The first-order chi connectivity index (χ1) is 15.4. The van der Waals surface area contributed by atoms with Crippen molar-refractivity contribution >= 4 is 16.9 Å². The number of aromatic nitrogens is 2. The number of nitrogens with zero attached hydrogens (tertiary/aromatic N) is 2. The molecular weight excluding hydrogens is 405 g/mol. The van der Waals surface area contributed by atoms with Gasteiger partial charge in [-0.15, -0.1) is 0 Å². The lowest BCUT2D eigenvalue weighted by Gasteiger charge is -2.17. The third kappa shape index (κ3) is 4.64. The molecule has 0 aliphatic rings. The van der Waals surface area contributed by atoms with Crippen LogP contribution in [0.4, 0.5) is 4.39 Å². The number of ether oxygens (including phenoxy) is 1. The Balaban J connectivity index is 1.54. The van der Waals surface area contributed by atoms with Gasteiger partial charge in [0.25, 0.3) is 5.91 Å². The molecule has 6 heteroatoms. The van der Waals surface area contributed by atoms with Crippen molar-refractivity contribution in [1.82, 2.24) is 14.9 Å². The number of carbonyl (C=O) groups is 1. The molecule has 1 atom stereocenters. The number of fused-ring (bicyclic) bond motifs is 1. The van der Waals surface area contributed by atoms with Gasteiger partial charge in [-0.05, 0) is 56.2 Å². The SMILES string of the molecule is Cc1ccc(C)c(OCC(=O)NC(C)c2nc3ccccc3n2Cc2ccccc2F)c1. The zero-order valence-electron chi connectivity index (χ0n) is 18.4. The smallest absolute Gasteiger partial charge is 0.258 e. The highest BCUT2D eigenvalue weighted by Gasteiger charge is 2.19. The standard InChI is InChI=1S/C26H26FN3O2/c1-17-12-13-18(2)24(14-17)32-16-25(31)28-19(3)26-29-22-10-6-7-11-23(22)30(26)15-20-8-4-5-9-21(20)27/h4-14,19H,15-16H2,1-3H3,(H,28,31). The maximum absolute atomic E-state index is 14.3. The van der Waals surface area contributed by atoms with E-state index >= 15 is 0 Å². The Morgan fingerprint density at radius 1 is 1.09 bits per heavy atom. The highest BCUT2D eigenvalue weighted by molar-refractivity contribution is 5.79. The molecule has 1 N–H and O–H groups in total. The number of hydrogen-bond donors (Lipinski definition) is 1. The van der Waals surface area contributed by atoms with E-state index < -0.39 is 0 Å². The highest BCUT2D eigenvalue weighted by Crippen LogP contribution is 2.23. The third-order valence-electron chi connectivity index (χ3n) is 5.44. The summed E-state index contributed by atoms with van der Waals surface area (Å²) in [5, 5.41) is 2.96.